The van der Waals surface area contributed by atoms with Crippen LogP contribution in [0, 0.1) is 6.92 Å². The Labute approximate surface area is 157 Å². The SMILES string of the molecule is Cc1ccc(-c2ccn(-c3ccc4c(c3)CCCO4)n2)cc1CNC(=O)O. The first-order valence-electron chi connectivity index (χ1n) is 8.98. The summed E-state index contributed by atoms with van der Waals surface area (Å²) < 4.78 is 7.54. The zero-order valence-corrected chi connectivity index (χ0v) is 15.1. The lowest BCUT2D eigenvalue weighted by atomic mass is 10.0. The van der Waals surface area contributed by atoms with Gasteiger partial charge >= 0.3 is 6.09 Å². The van der Waals surface area contributed by atoms with E-state index in [-0.39, 0.29) is 6.54 Å². The normalized spacial score (nSPS) is 12.9. The van der Waals surface area contributed by atoms with E-state index >= 15 is 0 Å². The van der Waals surface area contributed by atoms with Gasteiger partial charge in [-0.2, -0.15) is 5.10 Å². The molecule has 6 heteroatoms. The molecule has 27 heavy (non-hydrogen) atoms. The number of carbonyl (C=O) groups is 1. The van der Waals surface area contributed by atoms with Crippen molar-refractivity contribution in [3.63, 3.8) is 0 Å². The van der Waals surface area contributed by atoms with Crippen molar-refractivity contribution in [3.05, 3.63) is 65.4 Å². The van der Waals surface area contributed by atoms with Crippen LogP contribution in [0.25, 0.3) is 16.9 Å². The monoisotopic (exact) mass is 363 g/mol. The van der Waals surface area contributed by atoms with Gasteiger partial charge in [0.15, 0.2) is 0 Å². The van der Waals surface area contributed by atoms with E-state index in [1.54, 1.807) is 0 Å². The Balaban J connectivity index is 1.61. The predicted octanol–water partition coefficient (Wildman–Crippen LogP) is 3.94. The molecule has 1 aliphatic heterocycles. The van der Waals surface area contributed by atoms with Gasteiger partial charge in [0.1, 0.15) is 5.75 Å². The van der Waals surface area contributed by atoms with Crippen LogP contribution in [-0.2, 0) is 13.0 Å². The summed E-state index contributed by atoms with van der Waals surface area (Å²) in [6, 6.07) is 14.1. The molecule has 3 aromatic rings. The summed E-state index contributed by atoms with van der Waals surface area (Å²) in [5, 5.41) is 16.0. The van der Waals surface area contributed by atoms with Crippen molar-refractivity contribution < 1.29 is 14.6 Å². The molecule has 0 radical (unpaired) electrons. The molecule has 2 aromatic carbocycles. The molecule has 138 valence electrons. The first-order valence-corrected chi connectivity index (χ1v) is 8.98. The topological polar surface area (TPSA) is 76.4 Å². The van der Waals surface area contributed by atoms with E-state index in [1.165, 1.54) is 5.56 Å². The van der Waals surface area contributed by atoms with Crippen molar-refractivity contribution in [2.45, 2.75) is 26.3 Å². The van der Waals surface area contributed by atoms with Crippen LogP contribution in [0.4, 0.5) is 4.79 Å². The van der Waals surface area contributed by atoms with E-state index in [1.807, 2.05) is 54.2 Å². The Hall–Kier alpha value is -3.28. The van der Waals surface area contributed by atoms with E-state index in [4.69, 9.17) is 14.9 Å². The summed E-state index contributed by atoms with van der Waals surface area (Å²) in [6.07, 6.45) is 2.97. The molecule has 0 saturated heterocycles. The van der Waals surface area contributed by atoms with Crippen LogP contribution < -0.4 is 10.1 Å². The third kappa shape index (κ3) is 3.65. The summed E-state index contributed by atoms with van der Waals surface area (Å²) in [4.78, 5) is 10.8. The molecule has 1 aliphatic rings. The molecular formula is C21H21N3O3. The van der Waals surface area contributed by atoms with Crippen LogP contribution in [0.1, 0.15) is 23.1 Å². The summed E-state index contributed by atoms with van der Waals surface area (Å²) in [5.74, 6) is 0.964. The maximum atomic E-state index is 10.8. The fourth-order valence-corrected chi connectivity index (χ4v) is 3.30. The minimum atomic E-state index is -1.03. The number of benzene rings is 2. The highest BCUT2D eigenvalue weighted by molar-refractivity contribution is 5.65. The number of nitrogens with one attached hydrogen (secondary N) is 1. The van der Waals surface area contributed by atoms with Crippen LogP contribution in [0.5, 0.6) is 5.75 Å². The fraction of sp³-hybridized carbons (Fsp3) is 0.238. The Kier molecular flexibility index (Phi) is 4.54. The van der Waals surface area contributed by atoms with Gasteiger partial charge in [-0.15, -0.1) is 0 Å². The Morgan fingerprint density at radius 1 is 1.26 bits per heavy atom. The number of hydrogen-bond donors (Lipinski definition) is 2. The second kappa shape index (κ2) is 7.15. The first kappa shape index (κ1) is 17.1. The van der Waals surface area contributed by atoms with Gasteiger partial charge in [0, 0.05) is 18.3 Å². The molecule has 0 fully saturated rings. The predicted molar refractivity (Wildman–Crippen MR) is 102 cm³/mol. The number of rotatable bonds is 4. The largest absolute Gasteiger partial charge is 0.493 e. The van der Waals surface area contributed by atoms with Crippen LogP contribution in [0.2, 0.25) is 0 Å². The maximum absolute atomic E-state index is 10.8. The van der Waals surface area contributed by atoms with E-state index < -0.39 is 6.09 Å². The molecular weight excluding hydrogens is 342 g/mol. The third-order valence-electron chi connectivity index (χ3n) is 4.82. The standard InChI is InChI=1S/C21H21N3O3/c1-14-4-5-15(11-17(14)13-22-21(25)26)19-8-9-24(23-19)18-6-7-20-16(12-18)3-2-10-27-20/h4-9,11-12,22H,2-3,10,13H2,1H3,(H,25,26). The lowest BCUT2D eigenvalue weighted by molar-refractivity contribution is 0.194. The van der Waals surface area contributed by atoms with Gasteiger partial charge in [0.2, 0.25) is 0 Å². The third-order valence-corrected chi connectivity index (χ3v) is 4.82. The number of aryl methyl sites for hydroxylation is 2. The molecule has 0 aliphatic carbocycles. The van der Waals surface area contributed by atoms with E-state index in [2.05, 4.69) is 11.4 Å². The summed E-state index contributed by atoms with van der Waals surface area (Å²) in [6.45, 7) is 3.03. The molecule has 1 aromatic heterocycles. The van der Waals surface area contributed by atoms with Crippen molar-refractivity contribution in [1.29, 1.82) is 0 Å². The van der Waals surface area contributed by atoms with Gasteiger partial charge in [-0.25, -0.2) is 9.48 Å². The van der Waals surface area contributed by atoms with Gasteiger partial charge in [-0.1, -0.05) is 12.1 Å². The summed E-state index contributed by atoms with van der Waals surface area (Å²) in [7, 11) is 0. The molecule has 0 bridgehead atoms. The zero-order chi connectivity index (χ0) is 18.8. The van der Waals surface area contributed by atoms with Gasteiger partial charge < -0.3 is 15.2 Å². The van der Waals surface area contributed by atoms with Crippen molar-refractivity contribution >= 4 is 6.09 Å². The molecule has 4 rings (SSSR count). The second-order valence-electron chi connectivity index (χ2n) is 6.69. The highest BCUT2D eigenvalue weighted by Crippen LogP contribution is 2.28. The van der Waals surface area contributed by atoms with Crippen molar-refractivity contribution in [2.75, 3.05) is 6.61 Å². The number of aromatic nitrogens is 2. The first-order chi connectivity index (χ1) is 13.1. The molecule has 2 heterocycles. The van der Waals surface area contributed by atoms with Crippen molar-refractivity contribution in [3.8, 4) is 22.7 Å². The van der Waals surface area contributed by atoms with E-state index in [0.717, 1.165) is 53.3 Å². The van der Waals surface area contributed by atoms with E-state index in [0.29, 0.717) is 0 Å². The Morgan fingerprint density at radius 3 is 3.00 bits per heavy atom. The lowest BCUT2D eigenvalue weighted by Crippen LogP contribution is -2.20. The second-order valence-corrected chi connectivity index (χ2v) is 6.69. The Morgan fingerprint density at radius 2 is 2.15 bits per heavy atom. The molecule has 1 amide bonds. The van der Waals surface area contributed by atoms with Crippen LogP contribution in [0.3, 0.4) is 0 Å². The molecule has 6 nitrogen and oxygen atoms in total. The van der Waals surface area contributed by atoms with Gasteiger partial charge in [-0.05, 0) is 66.8 Å². The van der Waals surface area contributed by atoms with Crippen molar-refractivity contribution in [1.82, 2.24) is 15.1 Å². The van der Waals surface area contributed by atoms with Gasteiger partial charge in [0.25, 0.3) is 0 Å². The number of ether oxygens (including phenoxy) is 1. The summed E-state index contributed by atoms with van der Waals surface area (Å²) in [5.41, 5.74) is 6.01. The van der Waals surface area contributed by atoms with Crippen molar-refractivity contribution in [2.24, 2.45) is 0 Å². The number of carboxylic acid groups (broad SMARTS) is 1. The average molecular weight is 363 g/mol. The summed E-state index contributed by atoms with van der Waals surface area (Å²) >= 11 is 0. The number of nitrogens with zero attached hydrogens (tertiary/aromatic N) is 2. The highest BCUT2D eigenvalue weighted by atomic mass is 16.5. The molecule has 0 saturated carbocycles. The number of amides is 1. The average Bonchev–Trinajstić information content (AvgIpc) is 3.17. The lowest BCUT2D eigenvalue weighted by Gasteiger charge is -2.17. The quantitative estimate of drug-likeness (QED) is 0.736. The van der Waals surface area contributed by atoms with Crippen LogP contribution in [-0.4, -0.2) is 27.6 Å². The van der Waals surface area contributed by atoms with Crippen LogP contribution in [0.15, 0.2) is 48.7 Å². The minimum absolute atomic E-state index is 0.278. The molecule has 0 spiro atoms. The molecule has 2 N–H and O–H groups in total. The number of fused-ring (bicyclic) bond motifs is 1. The van der Waals surface area contributed by atoms with Gasteiger partial charge in [-0.3, -0.25) is 0 Å². The highest BCUT2D eigenvalue weighted by Gasteiger charge is 2.12. The number of hydrogen-bond acceptors (Lipinski definition) is 3. The maximum Gasteiger partial charge on any atom is 0.404 e. The molecule has 0 atom stereocenters. The zero-order valence-electron chi connectivity index (χ0n) is 15.1. The fourth-order valence-electron chi connectivity index (χ4n) is 3.30. The van der Waals surface area contributed by atoms with E-state index in [9.17, 15) is 4.79 Å². The Bertz CT molecular complexity index is 994. The van der Waals surface area contributed by atoms with Gasteiger partial charge in [0.05, 0.1) is 18.0 Å². The molecule has 0 unspecified atom stereocenters. The van der Waals surface area contributed by atoms with Crippen LogP contribution >= 0.6 is 0 Å². The minimum Gasteiger partial charge on any atom is -0.493 e. The smallest absolute Gasteiger partial charge is 0.404 e.